The van der Waals surface area contributed by atoms with Crippen LogP contribution in [0.3, 0.4) is 0 Å². The Morgan fingerprint density at radius 2 is 1.91 bits per heavy atom. The number of rotatable bonds is 8. The smallest absolute Gasteiger partial charge is 0.127 e. The molecule has 2 atom stereocenters. The molecule has 1 N–H and O–H groups in total. The van der Waals surface area contributed by atoms with Crippen molar-refractivity contribution in [2.45, 2.75) is 116 Å². The lowest BCUT2D eigenvalue weighted by Gasteiger charge is -2.47. The molecular formula is C30H46N2O2. The molecule has 188 valence electrons. The van der Waals surface area contributed by atoms with E-state index in [0.29, 0.717) is 11.7 Å². The van der Waals surface area contributed by atoms with Crippen LogP contribution >= 0.6 is 0 Å². The highest BCUT2D eigenvalue weighted by Crippen LogP contribution is 2.55. The summed E-state index contributed by atoms with van der Waals surface area (Å²) in [6.07, 6.45) is 12.6. The number of hydrogen-bond acceptors (Lipinski definition) is 4. The van der Waals surface area contributed by atoms with Crippen LogP contribution in [0.15, 0.2) is 28.8 Å². The van der Waals surface area contributed by atoms with Crippen molar-refractivity contribution in [2.24, 2.45) is 10.9 Å². The van der Waals surface area contributed by atoms with E-state index in [1.165, 1.54) is 36.8 Å². The van der Waals surface area contributed by atoms with Crippen LogP contribution in [0.25, 0.3) is 0 Å². The van der Waals surface area contributed by atoms with E-state index in [-0.39, 0.29) is 22.5 Å². The predicted octanol–water partition coefficient (Wildman–Crippen LogP) is 7.35. The minimum absolute atomic E-state index is 0.00302. The SMILES string of the molecule is CCCCCCC(C)(C)c1cc(O)c2c(c1)OC(C)(C)[C@H]1CC=C(CN3C=NC(C)(C)C3)C[C@H]21. The maximum Gasteiger partial charge on any atom is 0.127 e. The Balaban J connectivity index is 1.57. The number of aliphatic imine (C=N–C) groups is 1. The lowest BCUT2D eigenvalue weighted by Crippen LogP contribution is -2.46. The van der Waals surface area contributed by atoms with E-state index < -0.39 is 0 Å². The predicted molar refractivity (Wildman–Crippen MR) is 142 cm³/mol. The van der Waals surface area contributed by atoms with Gasteiger partial charge in [-0.2, -0.15) is 0 Å². The van der Waals surface area contributed by atoms with Gasteiger partial charge in [0.1, 0.15) is 17.1 Å². The molecule has 0 radical (unpaired) electrons. The van der Waals surface area contributed by atoms with Gasteiger partial charge in [0.25, 0.3) is 0 Å². The maximum absolute atomic E-state index is 11.3. The molecule has 4 nitrogen and oxygen atoms in total. The van der Waals surface area contributed by atoms with Crippen molar-refractivity contribution in [3.8, 4) is 11.5 Å². The van der Waals surface area contributed by atoms with Crippen LogP contribution in [0.4, 0.5) is 0 Å². The van der Waals surface area contributed by atoms with Crippen LogP contribution in [-0.2, 0) is 5.41 Å². The molecule has 0 unspecified atom stereocenters. The maximum atomic E-state index is 11.3. The summed E-state index contributed by atoms with van der Waals surface area (Å²) in [6, 6.07) is 4.27. The zero-order chi connectivity index (χ0) is 24.7. The second-order valence-electron chi connectivity index (χ2n) is 12.8. The van der Waals surface area contributed by atoms with Crippen LogP contribution in [-0.4, -0.2) is 40.6 Å². The van der Waals surface area contributed by atoms with Crippen molar-refractivity contribution >= 4 is 6.34 Å². The number of fused-ring (bicyclic) bond motifs is 3. The molecule has 0 amide bonds. The third-order valence-corrected chi connectivity index (χ3v) is 8.39. The first-order chi connectivity index (χ1) is 15.9. The average molecular weight is 467 g/mol. The molecule has 2 heterocycles. The Morgan fingerprint density at radius 3 is 2.59 bits per heavy atom. The van der Waals surface area contributed by atoms with Gasteiger partial charge in [0, 0.05) is 30.5 Å². The molecule has 0 bridgehead atoms. The zero-order valence-electron chi connectivity index (χ0n) is 22.6. The van der Waals surface area contributed by atoms with Gasteiger partial charge in [0.05, 0.1) is 11.9 Å². The quantitative estimate of drug-likeness (QED) is 0.322. The molecule has 4 rings (SSSR count). The van der Waals surface area contributed by atoms with E-state index >= 15 is 0 Å². The van der Waals surface area contributed by atoms with Crippen molar-refractivity contribution in [3.05, 3.63) is 34.9 Å². The average Bonchev–Trinajstić information content (AvgIpc) is 3.08. The zero-order valence-corrected chi connectivity index (χ0v) is 22.6. The summed E-state index contributed by atoms with van der Waals surface area (Å²) in [5.41, 5.74) is 3.43. The summed E-state index contributed by atoms with van der Waals surface area (Å²) < 4.78 is 6.62. The first-order valence-electron chi connectivity index (χ1n) is 13.5. The van der Waals surface area contributed by atoms with Crippen molar-refractivity contribution < 1.29 is 9.84 Å². The van der Waals surface area contributed by atoms with E-state index in [4.69, 9.17) is 4.74 Å². The van der Waals surface area contributed by atoms with E-state index in [9.17, 15) is 5.11 Å². The number of unbranched alkanes of at least 4 members (excludes halogenated alkanes) is 3. The molecule has 34 heavy (non-hydrogen) atoms. The summed E-state index contributed by atoms with van der Waals surface area (Å²) in [7, 11) is 0. The summed E-state index contributed by atoms with van der Waals surface area (Å²) in [4.78, 5) is 6.98. The van der Waals surface area contributed by atoms with Crippen LogP contribution in [0.2, 0.25) is 0 Å². The Morgan fingerprint density at radius 1 is 1.15 bits per heavy atom. The second kappa shape index (κ2) is 9.24. The highest BCUT2D eigenvalue weighted by Gasteiger charge is 2.46. The van der Waals surface area contributed by atoms with Gasteiger partial charge < -0.3 is 14.7 Å². The van der Waals surface area contributed by atoms with Gasteiger partial charge in [-0.15, -0.1) is 0 Å². The molecule has 0 aromatic heterocycles. The van der Waals surface area contributed by atoms with Gasteiger partial charge in [-0.05, 0) is 70.1 Å². The fraction of sp³-hybridized carbons (Fsp3) is 0.700. The summed E-state index contributed by atoms with van der Waals surface area (Å²) in [5.74, 6) is 1.97. The summed E-state index contributed by atoms with van der Waals surface area (Å²) >= 11 is 0. The highest BCUT2D eigenvalue weighted by molar-refractivity contribution is 5.60. The Kier molecular flexibility index (Phi) is 6.83. The number of benzene rings is 1. The highest BCUT2D eigenvalue weighted by atomic mass is 16.5. The Bertz CT molecular complexity index is 957. The monoisotopic (exact) mass is 466 g/mol. The number of nitrogens with zero attached hydrogens (tertiary/aromatic N) is 2. The number of hydrogen-bond donors (Lipinski definition) is 1. The molecule has 0 saturated heterocycles. The standard InChI is InChI=1S/C30H46N2O2/c1-8-9-10-11-14-28(2,3)22-16-25(33)27-23-15-21(18-32-19-29(4,5)31-20-32)12-13-24(23)30(6,7)34-26(27)17-22/h12,16-17,20,23-24,33H,8-11,13-15,18-19H2,1-7H3/t23-,24-/m0/s1. The molecule has 1 aliphatic carbocycles. The summed E-state index contributed by atoms with van der Waals surface area (Å²) in [5, 5.41) is 11.3. The number of ether oxygens (including phenoxy) is 1. The lowest BCUT2D eigenvalue weighted by molar-refractivity contribution is 0.00706. The summed E-state index contributed by atoms with van der Waals surface area (Å²) in [6.45, 7) is 17.6. The van der Waals surface area contributed by atoms with Crippen molar-refractivity contribution in [1.82, 2.24) is 4.90 Å². The van der Waals surface area contributed by atoms with Gasteiger partial charge in [-0.3, -0.25) is 4.99 Å². The van der Waals surface area contributed by atoms with Gasteiger partial charge in [0.2, 0.25) is 0 Å². The molecule has 0 saturated carbocycles. The van der Waals surface area contributed by atoms with Crippen molar-refractivity contribution in [3.63, 3.8) is 0 Å². The molecule has 3 aliphatic rings. The normalized spacial score (nSPS) is 24.9. The molecule has 0 fully saturated rings. The third-order valence-electron chi connectivity index (χ3n) is 8.39. The van der Waals surface area contributed by atoms with Gasteiger partial charge in [-0.25, -0.2) is 0 Å². The third kappa shape index (κ3) is 5.16. The Hall–Kier alpha value is -1.97. The first-order valence-corrected chi connectivity index (χ1v) is 13.5. The fourth-order valence-corrected chi connectivity index (χ4v) is 6.30. The van der Waals surface area contributed by atoms with Gasteiger partial charge in [-0.1, -0.05) is 58.1 Å². The minimum Gasteiger partial charge on any atom is -0.508 e. The first kappa shape index (κ1) is 25.1. The lowest BCUT2D eigenvalue weighted by atomic mass is 9.66. The largest absolute Gasteiger partial charge is 0.508 e. The topological polar surface area (TPSA) is 45.1 Å². The molecule has 1 aromatic rings. The van der Waals surface area contributed by atoms with E-state index in [0.717, 1.165) is 43.7 Å². The molecule has 1 aromatic carbocycles. The van der Waals surface area contributed by atoms with Crippen LogP contribution < -0.4 is 4.74 Å². The second-order valence-corrected chi connectivity index (χ2v) is 12.8. The van der Waals surface area contributed by atoms with Crippen LogP contribution in [0.1, 0.15) is 110 Å². The number of aromatic hydroxyl groups is 1. The number of phenolic OH excluding ortho intramolecular Hbond substituents is 1. The Labute approximate surface area is 207 Å². The number of allylic oxidation sites excluding steroid dienone is 1. The van der Waals surface area contributed by atoms with Crippen LogP contribution in [0.5, 0.6) is 11.5 Å². The van der Waals surface area contributed by atoms with Gasteiger partial charge in [0.15, 0.2) is 0 Å². The van der Waals surface area contributed by atoms with E-state index in [2.05, 4.69) is 70.5 Å². The molecule has 2 aliphatic heterocycles. The number of phenols is 1. The molecule has 0 spiro atoms. The van der Waals surface area contributed by atoms with E-state index in [1.807, 2.05) is 12.4 Å². The fourth-order valence-electron chi connectivity index (χ4n) is 6.30. The van der Waals surface area contributed by atoms with Crippen molar-refractivity contribution in [2.75, 3.05) is 13.1 Å². The van der Waals surface area contributed by atoms with Crippen molar-refractivity contribution in [1.29, 1.82) is 0 Å². The van der Waals surface area contributed by atoms with E-state index in [1.54, 1.807) is 0 Å². The van der Waals surface area contributed by atoms with Gasteiger partial charge >= 0.3 is 0 Å². The van der Waals surface area contributed by atoms with Crippen LogP contribution in [0, 0.1) is 5.92 Å². The molecule has 4 heteroatoms. The molecular weight excluding hydrogens is 420 g/mol. The minimum atomic E-state index is -0.257.